The Labute approximate surface area is 148 Å². The van der Waals surface area contributed by atoms with E-state index in [2.05, 4.69) is 5.32 Å². The van der Waals surface area contributed by atoms with Crippen molar-refractivity contribution in [3.05, 3.63) is 35.4 Å². The highest BCUT2D eigenvalue weighted by Crippen LogP contribution is 2.19. The lowest BCUT2D eigenvalue weighted by Gasteiger charge is -2.32. The van der Waals surface area contributed by atoms with E-state index in [9.17, 15) is 14.4 Å². The molecule has 136 valence electrons. The number of nitrogens with one attached hydrogen (secondary N) is 1. The van der Waals surface area contributed by atoms with Crippen LogP contribution in [0.5, 0.6) is 0 Å². The van der Waals surface area contributed by atoms with Crippen LogP contribution >= 0.6 is 0 Å². The Morgan fingerprint density at radius 2 is 1.96 bits per heavy atom. The molecule has 1 fully saturated rings. The first-order valence-electron chi connectivity index (χ1n) is 8.75. The molecule has 0 radical (unpaired) electrons. The standard InChI is InChI=1S/C19H26N2O4/c1-4-25-19(24)14(3)20-17(22)16-6-5-11-21(12-16)18(23)15-9-7-13(2)8-10-15/h7-10,14,16H,4-6,11-12H2,1-3H3,(H,20,22)/t14-,16+/m1/s1. The summed E-state index contributed by atoms with van der Waals surface area (Å²) in [6.07, 6.45) is 1.47. The van der Waals surface area contributed by atoms with Crippen LogP contribution in [0.4, 0.5) is 0 Å². The van der Waals surface area contributed by atoms with Crippen molar-refractivity contribution in [3.63, 3.8) is 0 Å². The minimum absolute atomic E-state index is 0.0593. The van der Waals surface area contributed by atoms with Crippen LogP contribution in [0.2, 0.25) is 0 Å². The summed E-state index contributed by atoms with van der Waals surface area (Å²) in [7, 11) is 0. The molecule has 2 rings (SSSR count). The van der Waals surface area contributed by atoms with E-state index in [-0.39, 0.29) is 24.3 Å². The molecule has 2 atom stereocenters. The van der Waals surface area contributed by atoms with Crippen molar-refractivity contribution in [1.29, 1.82) is 0 Å². The number of nitrogens with zero attached hydrogens (tertiary/aromatic N) is 1. The number of aryl methyl sites for hydroxylation is 1. The zero-order valence-electron chi connectivity index (χ0n) is 15.1. The SMILES string of the molecule is CCOC(=O)[C@@H](C)NC(=O)[C@H]1CCCN(C(=O)c2ccc(C)cc2)C1. The number of rotatable bonds is 5. The highest BCUT2D eigenvalue weighted by atomic mass is 16.5. The molecule has 0 unspecified atom stereocenters. The number of likely N-dealkylation sites (tertiary alicyclic amines) is 1. The molecule has 0 aliphatic carbocycles. The number of hydrogen-bond donors (Lipinski definition) is 1. The van der Waals surface area contributed by atoms with Crippen LogP contribution in [0, 0.1) is 12.8 Å². The first-order chi connectivity index (χ1) is 11.9. The molecule has 0 bridgehead atoms. The van der Waals surface area contributed by atoms with Crippen LogP contribution in [-0.2, 0) is 14.3 Å². The molecule has 0 spiro atoms. The highest BCUT2D eigenvalue weighted by Gasteiger charge is 2.30. The average molecular weight is 346 g/mol. The lowest BCUT2D eigenvalue weighted by Crippen LogP contribution is -2.48. The van der Waals surface area contributed by atoms with Gasteiger partial charge in [-0.2, -0.15) is 0 Å². The third-order valence-electron chi connectivity index (χ3n) is 4.38. The Morgan fingerprint density at radius 3 is 2.60 bits per heavy atom. The smallest absolute Gasteiger partial charge is 0.328 e. The molecule has 1 heterocycles. The number of carbonyl (C=O) groups is 3. The lowest BCUT2D eigenvalue weighted by molar-refractivity contribution is -0.147. The van der Waals surface area contributed by atoms with Gasteiger partial charge in [-0.15, -0.1) is 0 Å². The third-order valence-corrected chi connectivity index (χ3v) is 4.38. The molecule has 0 aromatic heterocycles. The summed E-state index contributed by atoms with van der Waals surface area (Å²) in [5, 5.41) is 2.69. The van der Waals surface area contributed by atoms with Crippen LogP contribution in [-0.4, -0.2) is 48.4 Å². The minimum atomic E-state index is -0.685. The summed E-state index contributed by atoms with van der Waals surface area (Å²) in [4.78, 5) is 38.4. The monoisotopic (exact) mass is 346 g/mol. The van der Waals surface area contributed by atoms with Crippen LogP contribution in [0.3, 0.4) is 0 Å². The third kappa shape index (κ3) is 5.05. The van der Waals surface area contributed by atoms with E-state index in [1.165, 1.54) is 0 Å². The number of ether oxygens (including phenoxy) is 1. The fourth-order valence-electron chi connectivity index (χ4n) is 2.91. The second kappa shape index (κ2) is 8.65. The van der Waals surface area contributed by atoms with Gasteiger partial charge in [-0.1, -0.05) is 17.7 Å². The average Bonchev–Trinajstić information content (AvgIpc) is 2.62. The van der Waals surface area contributed by atoms with Crippen molar-refractivity contribution in [1.82, 2.24) is 10.2 Å². The van der Waals surface area contributed by atoms with Crippen LogP contribution in [0.15, 0.2) is 24.3 Å². The van der Waals surface area contributed by atoms with Gasteiger partial charge >= 0.3 is 5.97 Å². The number of benzene rings is 1. The number of amides is 2. The topological polar surface area (TPSA) is 75.7 Å². The molecule has 2 amide bonds. The van der Waals surface area contributed by atoms with E-state index in [0.717, 1.165) is 12.0 Å². The van der Waals surface area contributed by atoms with Gasteiger partial charge in [0.05, 0.1) is 12.5 Å². The van der Waals surface area contributed by atoms with Gasteiger partial charge < -0.3 is 15.0 Å². The molecule has 0 saturated carbocycles. The maximum Gasteiger partial charge on any atom is 0.328 e. The van der Waals surface area contributed by atoms with Gasteiger partial charge in [-0.3, -0.25) is 9.59 Å². The minimum Gasteiger partial charge on any atom is -0.464 e. The quantitative estimate of drug-likeness (QED) is 0.827. The van der Waals surface area contributed by atoms with E-state index in [4.69, 9.17) is 4.74 Å². The van der Waals surface area contributed by atoms with Gasteiger partial charge in [0, 0.05) is 18.7 Å². The van der Waals surface area contributed by atoms with Gasteiger partial charge in [0.25, 0.3) is 5.91 Å². The first-order valence-corrected chi connectivity index (χ1v) is 8.75. The normalized spacial score (nSPS) is 18.4. The maximum atomic E-state index is 12.6. The molecule has 1 aromatic rings. The number of piperidine rings is 1. The van der Waals surface area contributed by atoms with Crippen molar-refractivity contribution >= 4 is 17.8 Å². The molecule has 1 aliphatic heterocycles. The summed E-state index contributed by atoms with van der Waals surface area (Å²) in [5.41, 5.74) is 1.73. The Morgan fingerprint density at radius 1 is 1.28 bits per heavy atom. The van der Waals surface area contributed by atoms with Crippen molar-refractivity contribution in [2.75, 3.05) is 19.7 Å². The largest absolute Gasteiger partial charge is 0.464 e. The van der Waals surface area contributed by atoms with Crippen LogP contribution in [0.1, 0.15) is 42.6 Å². The predicted octanol–water partition coefficient (Wildman–Crippen LogP) is 1.92. The molecule has 25 heavy (non-hydrogen) atoms. The molecule has 1 aliphatic rings. The van der Waals surface area contributed by atoms with Gasteiger partial charge in [-0.25, -0.2) is 4.79 Å². The number of esters is 1. The number of hydrogen-bond acceptors (Lipinski definition) is 4. The van der Waals surface area contributed by atoms with E-state index >= 15 is 0 Å². The Balaban J connectivity index is 1.95. The van der Waals surface area contributed by atoms with Gasteiger partial charge in [0.2, 0.25) is 5.91 Å². The van der Waals surface area contributed by atoms with Gasteiger partial charge in [-0.05, 0) is 45.7 Å². The van der Waals surface area contributed by atoms with Crippen molar-refractivity contribution < 1.29 is 19.1 Å². The fourth-order valence-corrected chi connectivity index (χ4v) is 2.91. The van der Waals surface area contributed by atoms with E-state index in [0.29, 0.717) is 25.1 Å². The zero-order chi connectivity index (χ0) is 18.4. The molecule has 1 aromatic carbocycles. The van der Waals surface area contributed by atoms with Crippen LogP contribution in [0.25, 0.3) is 0 Å². The summed E-state index contributed by atoms with van der Waals surface area (Å²) in [6.45, 7) is 6.59. The summed E-state index contributed by atoms with van der Waals surface area (Å²) in [6, 6.07) is 6.75. The predicted molar refractivity (Wildman–Crippen MR) is 94.0 cm³/mol. The van der Waals surface area contributed by atoms with E-state index in [1.54, 1.807) is 18.7 Å². The van der Waals surface area contributed by atoms with Crippen molar-refractivity contribution in [3.8, 4) is 0 Å². The second-order valence-corrected chi connectivity index (χ2v) is 6.44. The van der Waals surface area contributed by atoms with Gasteiger partial charge in [0.15, 0.2) is 0 Å². The molecule has 6 nitrogen and oxygen atoms in total. The Hall–Kier alpha value is -2.37. The summed E-state index contributed by atoms with van der Waals surface area (Å²) in [5.74, 6) is -1.02. The summed E-state index contributed by atoms with van der Waals surface area (Å²) >= 11 is 0. The van der Waals surface area contributed by atoms with Crippen LogP contribution < -0.4 is 5.32 Å². The van der Waals surface area contributed by atoms with E-state index < -0.39 is 12.0 Å². The Bertz CT molecular complexity index is 627. The highest BCUT2D eigenvalue weighted by molar-refractivity contribution is 5.95. The molecular formula is C19H26N2O4. The van der Waals surface area contributed by atoms with E-state index in [1.807, 2.05) is 31.2 Å². The van der Waals surface area contributed by atoms with Crippen molar-refractivity contribution in [2.45, 2.75) is 39.7 Å². The molecule has 1 N–H and O–H groups in total. The second-order valence-electron chi connectivity index (χ2n) is 6.44. The maximum absolute atomic E-state index is 12.6. The Kier molecular flexibility index (Phi) is 6.56. The lowest BCUT2D eigenvalue weighted by atomic mass is 9.96. The zero-order valence-corrected chi connectivity index (χ0v) is 15.1. The van der Waals surface area contributed by atoms with Crippen molar-refractivity contribution in [2.24, 2.45) is 5.92 Å². The number of carbonyl (C=O) groups excluding carboxylic acids is 3. The first kappa shape index (κ1) is 19.0. The summed E-state index contributed by atoms with van der Waals surface area (Å²) < 4.78 is 4.90. The fraction of sp³-hybridized carbons (Fsp3) is 0.526. The molecular weight excluding hydrogens is 320 g/mol. The molecule has 6 heteroatoms. The molecule has 1 saturated heterocycles. The van der Waals surface area contributed by atoms with Gasteiger partial charge in [0.1, 0.15) is 6.04 Å².